The first-order chi connectivity index (χ1) is 12.3. The Balaban J connectivity index is 2.26. The second-order valence-electron chi connectivity index (χ2n) is 5.91. The summed E-state index contributed by atoms with van der Waals surface area (Å²) in [5.41, 5.74) is 0.849. The molecule has 0 saturated heterocycles. The third kappa shape index (κ3) is 3.20. The molecule has 0 spiro atoms. The van der Waals surface area contributed by atoms with Gasteiger partial charge in [0.05, 0.1) is 17.7 Å². The number of benzene rings is 1. The molecule has 9 heteroatoms. The number of hydrogen-bond donors (Lipinski definition) is 2. The number of fused-ring (bicyclic) bond motifs is 3. The second-order valence-corrected chi connectivity index (χ2v) is 7.31. The van der Waals surface area contributed by atoms with Crippen LogP contribution in [0.4, 0.5) is 0 Å². The van der Waals surface area contributed by atoms with Crippen molar-refractivity contribution in [3.05, 3.63) is 45.1 Å². The van der Waals surface area contributed by atoms with Gasteiger partial charge in [-0.3, -0.25) is 9.35 Å². The first-order valence-corrected chi connectivity index (χ1v) is 9.53. The summed E-state index contributed by atoms with van der Waals surface area (Å²) in [6, 6.07) is 5.33. The smallest absolute Gasteiger partial charge is 0.300 e. The maximum Gasteiger partial charge on any atom is 0.300 e. The van der Waals surface area contributed by atoms with E-state index < -0.39 is 40.1 Å². The normalized spacial score (nSPS) is 15.8. The molecule has 1 aromatic heterocycles. The summed E-state index contributed by atoms with van der Waals surface area (Å²) >= 11 is 0. The number of rotatable bonds is 5. The van der Waals surface area contributed by atoms with Gasteiger partial charge in [0.2, 0.25) is 11.4 Å². The molecule has 2 N–H and O–H groups in total. The van der Waals surface area contributed by atoms with Gasteiger partial charge in [0.25, 0.3) is 5.95 Å². The average Bonchev–Trinajstić information content (AvgIpc) is 2.59. The molecule has 3 rings (SSSR count). The Labute approximate surface area is 149 Å². The highest BCUT2D eigenvalue weighted by atomic mass is 32.2. The summed E-state index contributed by atoms with van der Waals surface area (Å²) in [4.78, 5) is 12.9. The van der Waals surface area contributed by atoms with Crippen LogP contribution in [-0.2, 0) is 16.7 Å². The maximum atomic E-state index is 12.9. The Bertz CT molecular complexity index is 1010. The van der Waals surface area contributed by atoms with Crippen LogP contribution in [0.5, 0.6) is 11.7 Å². The van der Waals surface area contributed by atoms with E-state index in [9.17, 15) is 18.3 Å². The van der Waals surface area contributed by atoms with Crippen LogP contribution in [0, 0.1) is 6.92 Å². The average molecular weight is 382 g/mol. The summed E-state index contributed by atoms with van der Waals surface area (Å²) in [6.45, 7) is 2.98. The van der Waals surface area contributed by atoms with Crippen LogP contribution in [0.25, 0.3) is 11.3 Å². The van der Waals surface area contributed by atoms with E-state index in [0.29, 0.717) is 17.7 Å². The van der Waals surface area contributed by atoms with E-state index in [2.05, 4.69) is 0 Å². The molecule has 0 radical (unpaired) electrons. The quantitative estimate of drug-likeness (QED) is 0.754. The minimum atomic E-state index is -4.45. The van der Waals surface area contributed by atoms with Gasteiger partial charge in [-0.15, -0.1) is 0 Å². The molecule has 2 aromatic rings. The summed E-state index contributed by atoms with van der Waals surface area (Å²) < 4.78 is 47.3. The predicted octanol–water partition coefficient (Wildman–Crippen LogP) is 2.18. The molecular weight excluding hydrogens is 364 g/mol. The van der Waals surface area contributed by atoms with E-state index in [-0.39, 0.29) is 16.9 Å². The molecule has 1 aromatic carbocycles. The standard InChI is InChI=1S/C17H18O8S/c1-3-12-13-14(19)11(7-18)17(23-8-26(20,21)22)25-16(13)10-6-4-5-9(2)15(10)24-12/h4-6,12,18H,3,7-8H2,1-2H3,(H,20,21,22). The highest BCUT2D eigenvalue weighted by Gasteiger charge is 2.33. The molecular formula is C17H18O8S. The van der Waals surface area contributed by atoms with Crippen molar-refractivity contribution in [2.75, 3.05) is 5.94 Å². The zero-order valence-electron chi connectivity index (χ0n) is 14.2. The van der Waals surface area contributed by atoms with Crippen LogP contribution in [-0.4, -0.2) is 24.0 Å². The maximum absolute atomic E-state index is 12.9. The van der Waals surface area contributed by atoms with Gasteiger partial charge in [-0.1, -0.05) is 19.1 Å². The van der Waals surface area contributed by atoms with Crippen molar-refractivity contribution in [2.45, 2.75) is 33.0 Å². The van der Waals surface area contributed by atoms with Crippen molar-refractivity contribution in [3.63, 3.8) is 0 Å². The molecule has 0 bridgehead atoms. The number of aliphatic hydroxyl groups excluding tert-OH is 1. The van der Waals surface area contributed by atoms with E-state index in [1.165, 1.54) is 0 Å². The second kappa shape index (κ2) is 6.75. The molecule has 1 aliphatic rings. The minimum absolute atomic E-state index is 0.203. The van der Waals surface area contributed by atoms with E-state index >= 15 is 0 Å². The van der Waals surface area contributed by atoms with Crippen LogP contribution in [0.3, 0.4) is 0 Å². The lowest BCUT2D eigenvalue weighted by molar-refractivity contribution is 0.182. The molecule has 2 heterocycles. The third-order valence-corrected chi connectivity index (χ3v) is 4.53. The fourth-order valence-electron chi connectivity index (χ4n) is 2.92. The van der Waals surface area contributed by atoms with E-state index in [1.807, 2.05) is 19.9 Å². The van der Waals surface area contributed by atoms with E-state index in [1.54, 1.807) is 12.1 Å². The van der Waals surface area contributed by atoms with Crippen LogP contribution in [0.2, 0.25) is 0 Å². The van der Waals surface area contributed by atoms with Crippen LogP contribution < -0.4 is 14.9 Å². The van der Waals surface area contributed by atoms with Crippen molar-refractivity contribution in [3.8, 4) is 23.0 Å². The van der Waals surface area contributed by atoms with Gasteiger partial charge in [0.1, 0.15) is 17.4 Å². The molecule has 26 heavy (non-hydrogen) atoms. The number of hydrogen-bond acceptors (Lipinski definition) is 7. The first-order valence-electron chi connectivity index (χ1n) is 7.92. The predicted molar refractivity (Wildman–Crippen MR) is 91.8 cm³/mol. The summed E-state index contributed by atoms with van der Waals surface area (Å²) in [7, 11) is -4.45. The Kier molecular flexibility index (Phi) is 4.78. The van der Waals surface area contributed by atoms with Gasteiger partial charge in [0.15, 0.2) is 5.76 Å². The number of aryl methyl sites for hydroxylation is 1. The van der Waals surface area contributed by atoms with Crippen molar-refractivity contribution < 1.29 is 32.0 Å². The Morgan fingerprint density at radius 1 is 1.31 bits per heavy atom. The summed E-state index contributed by atoms with van der Waals surface area (Å²) in [5, 5.41) is 9.54. The molecule has 0 amide bonds. The van der Waals surface area contributed by atoms with Crippen LogP contribution in [0.1, 0.15) is 36.1 Å². The Morgan fingerprint density at radius 2 is 2.04 bits per heavy atom. The number of ether oxygens (including phenoxy) is 2. The van der Waals surface area contributed by atoms with Gasteiger partial charge >= 0.3 is 10.1 Å². The fraction of sp³-hybridized carbons (Fsp3) is 0.353. The number of aliphatic hydroxyl groups is 1. The van der Waals surface area contributed by atoms with Gasteiger partial charge < -0.3 is 19.0 Å². The highest BCUT2D eigenvalue weighted by molar-refractivity contribution is 7.85. The Hall–Kier alpha value is -2.36. The largest absolute Gasteiger partial charge is 0.484 e. The monoisotopic (exact) mass is 382 g/mol. The molecule has 1 atom stereocenters. The van der Waals surface area contributed by atoms with Crippen molar-refractivity contribution >= 4 is 10.1 Å². The molecule has 0 fully saturated rings. The van der Waals surface area contributed by atoms with E-state index in [0.717, 1.165) is 5.56 Å². The molecule has 140 valence electrons. The lowest BCUT2D eigenvalue weighted by Gasteiger charge is -2.28. The van der Waals surface area contributed by atoms with Crippen molar-refractivity contribution in [2.24, 2.45) is 0 Å². The zero-order valence-corrected chi connectivity index (χ0v) is 15.0. The third-order valence-electron chi connectivity index (χ3n) is 4.11. The fourth-order valence-corrected chi connectivity index (χ4v) is 3.17. The Morgan fingerprint density at radius 3 is 2.65 bits per heavy atom. The van der Waals surface area contributed by atoms with Gasteiger partial charge in [-0.05, 0) is 25.0 Å². The SMILES string of the molecule is CCC1Oc2c(C)cccc2-c2oc(OCS(=O)(=O)O)c(CO)c(=O)c21. The van der Waals surface area contributed by atoms with Gasteiger partial charge in [-0.2, -0.15) is 8.42 Å². The lowest BCUT2D eigenvalue weighted by atomic mass is 9.94. The molecule has 1 unspecified atom stereocenters. The first kappa shape index (κ1) is 18.4. The number of para-hydroxylation sites is 1. The molecule has 1 aliphatic heterocycles. The van der Waals surface area contributed by atoms with E-state index in [4.69, 9.17) is 18.4 Å². The van der Waals surface area contributed by atoms with Crippen molar-refractivity contribution in [1.82, 2.24) is 0 Å². The molecule has 0 saturated carbocycles. The highest BCUT2D eigenvalue weighted by Crippen LogP contribution is 2.45. The summed E-state index contributed by atoms with van der Waals surface area (Å²) in [5.74, 6) is -0.782. The van der Waals surface area contributed by atoms with Crippen molar-refractivity contribution in [1.29, 1.82) is 0 Å². The van der Waals surface area contributed by atoms with Crippen LogP contribution >= 0.6 is 0 Å². The lowest BCUT2D eigenvalue weighted by Crippen LogP contribution is -2.26. The zero-order chi connectivity index (χ0) is 19.1. The van der Waals surface area contributed by atoms with Gasteiger partial charge in [0, 0.05) is 0 Å². The minimum Gasteiger partial charge on any atom is -0.484 e. The summed E-state index contributed by atoms with van der Waals surface area (Å²) in [6.07, 6.45) is -0.0856. The molecule has 0 aliphatic carbocycles. The topological polar surface area (TPSA) is 123 Å². The van der Waals surface area contributed by atoms with Crippen LogP contribution in [0.15, 0.2) is 27.4 Å². The van der Waals surface area contributed by atoms with Gasteiger partial charge in [-0.25, -0.2) is 0 Å². The molecule has 8 nitrogen and oxygen atoms in total.